The molecule has 0 N–H and O–H groups in total. The molecule has 9 heteroatoms. The van der Waals surface area contributed by atoms with Crippen molar-refractivity contribution < 1.29 is 13.9 Å². The third kappa shape index (κ3) is 3.52. The molecule has 0 aliphatic rings. The lowest BCUT2D eigenvalue weighted by Gasteiger charge is -2.15. The van der Waals surface area contributed by atoms with Gasteiger partial charge in [0.25, 0.3) is 0 Å². The van der Waals surface area contributed by atoms with Crippen LogP contribution in [0.4, 0.5) is 4.39 Å². The zero-order chi connectivity index (χ0) is 18.1. The van der Waals surface area contributed by atoms with Gasteiger partial charge in [0.15, 0.2) is 5.65 Å². The van der Waals surface area contributed by atoms with Gasteiger partial charge in [0.05, 0.1) is 17.9 Å². The summed E-state index contributed by atoms with van der Waals surface area (Å²) in [6.07, 6.45) is 2.90. The van der Waals surface area contributed by atoms with Gasteiger partial charge in [-0.3, -0.25) is 0 Å². The van der Waals surface area contributed by atoms with E-state index in [0.717, 1.165) is 0 Å². The first-order valence-corrected chi connectivity index (χ1v) is 8.77. The molecule has 0 saturated carbocycles. The molecule has 0 fully saturated rings. The van der Waals surface area contributed by atoms with Crippen molar-refractivity contribution in [2.45, 2.75) is 40.0 Å². The summed E-state index contributed by atoms with van der Waals surface area (Å²) in [7, 11) is 0. The Morgan fingerprint density at radius 3 is 2.76 bits per heavy atom. The minimum atomic E-state index is -0.452. The van der Waals surface area contributed by atoms with Gasteiger partial charge >= 0.3 is 0 Å². The maximum atomic E-state index is 14.8. The van der Waals surface area contributed by atoms with Crippen LogP contribution in [-0.4, -0.2) is 37.1 Å². The standard InChI is InChI=1S/C16H19BrFN5O2/c1-5-24-10(4)22-8-11(7-19-22)14-12(18)6-13-20-16(17)21-23(13)15(14)25-9(2)3/h6-10H,5H2,1-4H3. The van der Waals surface area contributed by atoms with E-state index >= 15 is 0 Å². The molecular formula is C16H19BrFN5O2. The van der Waals surface area contributed by atoms with Crippen LogP contribution in [0.1, 0.15) is 33.9 Å². The summed E-state index contributed by atoms with van der Waals surface area (Å²) in [6.45, 7) is 8.08. The highest BCUT2D eigenvalue weighted by Gasteiger charge is 2.22. The number of nitrogens with zero attached hydrogens (tertiary/aromatic N) is 5. The second kappa shape index (κ2) is 7.09. The molecule has 3 rings (SSSR count). The molecule has 0 aromatic carbocycles. The van der Waals surface area contributed by atoms with E-state index in [0.29, 0.717) is 22.6 Å². The molecule has 1 atom stereocenters. The minimum Gasteiger partial charge on any atom is -0.474 e. The van der Waals surface area contributed by atoms with Crippen LogP contribution in [0.5, 0.6) is 5.88 Å². The normalized spacial score (nSPS) is 12.9. The first-order chi connectivity index (χ1) is 11.9. The average Bonchev–Trinajstić information content (AvgIpc) is 3.13. The van der Waals surface area contributed by atoms with E-state index in [2.05, 4.69) is 31.1 Å². The maximum Gasteiger partial charge on any atom is 0.228 e. The van der Waals surface area contributed by atoms with Crippen LogP contribution < -0.4 is 4.74 Å². The van der Waals surface area contributed by atoms with Crippen molar-refractivity contribution in [2.24, 2.45) is 0 Å². The van der Waals surface area contributed by atoms with Crippen molar-refractivity contribution >= 4 is 21.6 Å². The van der Waals surface area contributed by atoms with Gasteiger partial charge in [0, 0.05) is 24.4 Å². The van der Waals surface area contributed by atoms with Crippen molar-refractivity contribution in [3.8, 4) is 17.0 Å². The van der Waals surface area contributed by atoms with E-state index in [4.69, 9.17) is 9.47 Å². The first kappa shape index (κ1) is 17.8. The molecule has 3 heterocycles. The van der Waals surface area contributed by atoms with E-state index < -0.39 is 5.82 Å². The van der Waals surface area contributed by atoms with E-state index in [1.54, 1.807) is 17.1 Å². The Morgan fingerprint density at radius 2 is 2.08 bits per heavy atom. The summed E-state index contributed by atoms with van der Waals surface area (Å²) >= 11 is 3.22. The smallest absolute Gasteiger partial charge is 0.228 e. The summed E-state index contributed by atoms with van der Waals surface area (Å²) in [5, 5.41) is 8.52. The first-order valence-electron chi connectivity index (χ1n) is 7.98. The Balaban J connectivity index is 2.16. The van der Waals surface area contributed by atoms with Crippen LogP contribution in [0.2, 0.25) is 0 Å². The quantitative estimate of drug-likeness (QED) is 0.616. The zero-order valence-corrected chi connectivity index (χ0v) is 16.0. The fourth-order valence-corrected chi connectivity index (χ4v) is 2.85. The molecule has 25 heavy (non-hydrogen) atoms. The fraction of sp³-hybridized carbons (Fsp3) is 0.438. The molecule has 0 amide bonds. The van der Waals surface area contributed by atoms with E-state index in [1.165, 1.54) is 10.6 Å². The second-order valence-electron chi connectivity index (χ2n) is 5.75. The van der Waals surface area contributed by atoms with Gasteiger partial charge in [-0.05, 0) is 43.6 Å². The Kier molecular flexibility index (Phi) is 5.05. The van der Waals surface area contributed by atoms with Crippen LogP contribution in [0, 0.1) is 5.82 Å². The van der Waals surface area contributed by atoms with Crippen molar-refractivity contribution in [2.75, 3.05) is 6.61 Å². The topological polar surface area (TPSA) is 66.5 Å². The molecule has 0 aliphatic heterocycles. The highest BCUT2D eigenvalue weighted by Crippen LogP contribution is 2.34. The Labute approximate surface area is 152 Å². The lowest BCUT2D eigenvalue weighted by Crippen LogP contribution is -2.12. The lowest BCUT2D eigenvalue weighted by molar-refractivity contribution is 0.0160. The number of ether oxygens (including phenoxy) is 2. The molecule has 134 valence electrons. The molecule has 0 bridgehead atoms. The zero-order valence-electron chi connectivity index (χ0n) is 14.4. The average molecular weight is 412 g/mol. The summed E-state index contributed by atoms with van der Waals surface area (Å²) in [6, 6.07) is 1.32. The fourth-order valence-electron chi connectivity index (χ4n) is 2.51. The summed E-state index contributed by atoms with van der Waals surface area (Å²) in [5.41, 5.74) is 1.22. The SMILES string of the molecule is CCOC(C)n1cc(-c2c(F)cc3nc(Br)nn3c2OC(C)C)cn1. The van der Waals surface area contributed by atoms with Gasteiger partial charge in [-0.25, -0.2) is 14.1 Å². The number of aromatic nitrogens is 5. The lowest BCUT2D eigenvalue weighted by atomic mass is 10.1. The summed E-state index contributed by atoms with van der Waals surface area (Å²) in [4.78, 5) is 4.14. The molecule has 0 spiro atoms. The molecule has 0 saturated heterocycles. The van der Waals surface area contributed by atoms with Crippen LogP contribution in [0.3, 0.4) is 0 Å². The van der Waals surface area contributed by atoms with Crippen LogP contribution >= 0.6 is 15.9 Å². The molecule has 0 aliphatic carbocycles. The molecule has 7 nitrogen and oxygen atoms in total. The Morgan fingerprint density at radius 1 is 1.32 bits per heavy atom. The number of pyridine rings is 1. The molecule has 0 radical (unpaired) electrons. The van der Waals surface area contributed by atoms with Gasteiger partial charge < -0.3 is 9.47 Å². The van der Waals surface area contributed by atoms with Crippen LogP contribution in [0.15, 0.2) is 23.2 Å². The predicted octanol–water partition coefficient (Wildman–Crippen LogP) is 3.84. The summed E-state index contributed by atoms with van der Waals surface area (Å²) in [5.74, 6) is -0.168. The number of hydrogen-bond donors (Lipinski definition) is 0. The van der Waals surface area contributed by atoms with Crippen LogP contribution in [0.25, 0.3) is 16.8 Å². The van der Waals surface area contributed by atoms with Gasteiger partial charge in [-0.15, -0.1) is 5.10 Å². The maximum absolute atomic E-state index is 14.8. The van der Waals surface area contributed by atoms with Gasteiger partial charge in [0.2, 0.25) is 10.6 Å². The van der Waals surface area contributed by atoms with E-state index in [-0.39, 0.29) is 23.8 Å². The summed E-state index contributed by atoms with van der Waals surface area (Å²) < 4.78 is 29.7. The van der Waals surface area contributed by atoms with Gasteiger partial charge in [0.1, 0.15) is 12.0 Å². The Bertz CT molecular complexity index is 892. The minimum absolute atomic E-state index is 0.163. The van der Waals surface area contributed by atoms with Gasteiger partial charge in [-0.2, -0.15) is 9.61 Å². The third-order valence-electron chi connectivity index (χ3n) is 3.53. The van der Waals surface area contributed by atoms with Crippen molar-refractivity contribution in [3.05, 3.63) is 29.0 Å². The Hall–Kier alpha value is -2.00. The van der Waals surface area contributed by atoms with E-state index in [1.807, 2.05) is 27.7 Å². The number of rotatable bonds is 6. The highest BCUT2D eigenvalue weighted by atomic mass is 79.9. The number of halogens is 2. The van der Waals surface area contributed by atoms with Crippen molar-refractivity contribution in [3.63, 3.8) is 0 Å². The molecule has 3 aromatic heterocycles. The van der Waals surface area contributed by atoms with E-state index in [9.17, 15) is 4.39 Å². The van der Waals surface area contributed by atoms with Crippen molar-refractivity contribution in [1.82, 2.24) is 24.4 Å². The number of fused-ring (bicyclic) bond motifs is 1. The van der Waals surface area contributed by atoms with Crippen LogP contribution in [-0.2, 0) is 4.74 Å². The van der Waals surface area contributed by atoms with Crippen molar-refractivity contribution in [1.29, 1.82) is 0 Å². The predicted molar refractivity (Wildman–Crippen MR) is 94.0 cm³/mol. The largest absolute Gasteiger partial charge is 0.474 e. The molecule has 1 unspecified atom stereocenters. The highest BCUT2D eigenvalue weighted by molar-refractivity contribution is 9.10. The monoisotopic (exact) mass is 411 g/mol. The molecular weight excluding hydrogens is 393 g/mol. The molecule has 3 aromatic rings. The third-order valence-corrected chi connectivity index (χ3v) is 3.86. The second-order valence-corrected chi connectivity index (χ2v) is 6.46. The number of hydrogen-bond acceptors (Lipinski definition) is 5. The van der Waals surface area contributed by atoms with Gasteiger partial charge in [-0.1, -0.05) is 0 Å².